The maximum absolute atomic E-state index is 14.9. The first-order valence-electron chi connectivity index (χ1n) is 16.9. The third-order valence-electron chi connectivity index (χ3n) is 8.09. The van der Waals surface area contributed by atoms with Crippen molar-refractivity contribution < 1.29 is 23.5 Å². The molecule has 0 radical (unpaired) electrons. The van der Waals surface area contributed by atoms with Gasteiger partial charge in [0.1, 0.15) is 23.1 Å². The van der Waals surface area contributed by atoms with Crippen molar-refractivity contribution in [2.24, 2.45) is 5.73 Å². The summed E-state index contributed by atoms with van der Waals surface area (Å²) in [6.45, 7) is 10.4. The van der Waals surface area contributed by atoms with Gasteiger partial charge in [0.25, 0.3) is 0 Å². The number of anilines is 2. The molecule has 2 aromatic heterocycles. The van der Waals surface area contributed by atoms with E-state index in [1.54, 1.807) is 12.3 Å². The number of fused-ring (bicyclic) bond motifs is 1. The fraction of sp³-hybridized carbons (Fsp3) is 0.444. The number of rotatable bonds is 13. The number of aromatic nitrogens is 3. The number of aromatic amines is 1. The molecule has 2 amide bonds. The smallest absolute Gasteiger partial charge is 0.407 e. The van der Waals surface area contributed by atoms with Crippen LogP contribution in [0.25, 0.3) is 33.5 Å². The van der Waals surface area contributed by atoms with E-state index in [1.807, 2.05) is 45.9 Å². The van der Waals surface area contributed by atoms with Crippen LogP contribution in [0.1, 0.15) is 45.6 Å². The lowest BCUT2D eigenvalue weighted by Gasteiger charge is -2.36. The molecule has 0 unspecified atom stereocenters. The van der Waals surface area contributed by atoms with Gasteiger partial charge in [0.05, 0.1) is 35.5 Å². The van der Waals surface area contributed by atoms with Crippen molar-refractivity contribution in [3.05, 3.63) is 59.0 Å². The molecule has 1 aliphatic heterocycles. The topological polar surface area (TPSA) is 160 Å². The van der Waals surface area contributed by atoms with E-state index >= 15 is 0 Å². The maximum Gasteiger partial charge on any atom is 0.407 e. The number of nitrogens with one attached hydrogen (secondary N) is 4. The molecular weight excluding hydrogens is 663 g/mol. The van der Waals surface area contributed by atoms with Crippen molar-refractivity contribution >= 4 is 46.1 Å². The lowest BCUT2D eigenvalue weighted by atomic mass is 9.96. The van der Waals surface area contributed by atoms with E-state index < -0.39 is 11.7 Å². The highest BCUT2D eigenvalue weighted by Crippen LogP contribution is 2.44. The van der Waals surface area contributed by atoms with Gasteiger partial charge in [-0.15, -0.1) is 0 Å². The third-order valence-corrected chi connectivity index (χ3v) is 8.33. The summed E-state index contributed by atoms with van der Waals surface area (Å²) < 4.78 is 25.7. The zero-order chi connectivity index (χ0) is 35.8. The lowest BCUT2D eigenvalue weighted by molar-refractivity contribution is -0.122. The van der Waals surface area contributed by atoms with Crippen LogP contribution in [-0.2, 0) is 14.3 Å². The number of aryl methyl sites for hydroxylation is 1. The number of piperidine rings is 1. The normalized spacial score (nSPS) is 13.8. The average Bonchev–Trinajstić information content (AvgIpc) is 3.46. The van der Waals surface area contributed by atoms with Crippen LogP contribution in [0.2, 0.25) is 5.02 Å². The summed E-state index contributed by atoms with van der Waals surface area (Å²) in [5.41, 5.74) is 10.0. The van der Waals surface area contributed by atoms with E-state index in [2.05, 4.69) is 25.8 Å². The van der Waals surface area contributed by atoms with Crippen molar-refractivity contribution in [1.82, 2.24) is 25.6 Å². The Morgan fingerprint density at radius 3 is 2.62 bits per heavy atom. The van der Waals surface area contributed by atoms with E-state index in [0.717, 1.165) is 27.8 Å². The Hall–Kier alpha value is -4.46. The number of nitrogens with two attached hydrogens (primary N) is 1. The molecule has 1 aliphatic rings. The number of hydrogen-bond donors (Lipinski definition) is 5. The number of pyridine rings is 1. The Labute approximate surface area is 296 Å². The molecule has 50 heavy (non-hydrogen) atoms. The predicted octanol–water partition coefficient (Wildman–Crippen LogP) is 5.78. The SMILES string of the molecule is Cc1cc(F)cc(-c2cnc(NCCNC(=O)CCOCCN)c(-c3nc4ccc(Cl)cc4[nH]3)c2N2CCC(NC(=O)OC(C)(C)C)CC2)c1. The average molecular weight is 709 g/mol. The number of carbonyl (C=O) groups is 2. The molecule has 0 bridgehead atoms. The summed E-state index contributed by atoms with van der Waals surface area (Å²) in [6.07, 6.45) is 2.84. The van der Waals surface area contributed by atoms with Crippen molar-refractivity contribution in [2.75, 3.05) is 56.2 Å². The second kappa shape index (κ2) is 16.5. The van der Waals surface area contributed by atoms with Crippen molar-refractivity contribution in [3.8, 4) is 22.5 Å². The van der Waals surface area contributed by atoms with Crippen LogP contribution in [0.3, 0.4) is 0 Å². The fourth-order valence-electron chi connectivity index (χ4n) is 5.93. The first kappa shape index (κ1) is 36.8. The summed E-state index contributed by atoms with van der Waals surface area (Å²) in [5.74, 6) is 0.609. The molecule has 5 rings (SSSR count). The summed E-state index contributed by atoms with van der Waals surface area (Å²) in [6, 6.07) is 10.3. The monoisotopic (exact) mass is 708 g/mol. The Balaban J connectivity index is 1.50. The van der Waals surface area contributed by atoms with Crippen molar-refractivity contribution in [3.63, 3.8) is 0 Å². The minimum absolute atomic E-state index is 0.0819. The van der Waals surface area contributed by atoms with Gasteiger partial charge in [0.2, 0.25) is 5.91 Å². The van der Waals surface area contributed by atoms with Crippen LogP contribution < -0.4 is 26.6 Å². The molecule has 12 nitrogen and oxygen atoms in total. The largest absolute Gasteiger partial charge is 0.444 e. The van der Waals surface area contributed by atoms with Crippen LogP contribution in [0.5, 0.6) is 0 Å². The molecule has 3 heterocycles. The minimum Gasteiger partial charge on any atom is -0.444 e. The number of hydrogen-bond acceptors (Lipinski definition) is 9. The quantitative estimate of drug-likeness (QED) is 0.109. The van der Waals surface area contributed by atoms with Crippen LogP contribution >= 0.6 is 11.6 Å². The Bertz CT molecular complexity index is 1780. The molecular formula is C36H46ClFN8O4. The van der Waals surface area contributed by atoms with E-state index in [9.17, 15) is 14.0 Å². The van der Waals surface area contributed by atoms with E-state index in [0.29, 0.717) is 86.6 Å². The van der Waals surface area contributed by atoms with Crippen LogP contribution in [0.4, 0.5) is 20.7 Å². The van der Waals surface area contributed by atoms with Gasteiger partial charge in [0.15, 0.2) is 0 Å². The highest BCUT2D eigenvalue weighted by molar-refractivity contribution is 6.31. The summed E-state index contributed by atoms with van der Waals surface area (Å²) in [4.78, 5) is 40.4. The molecule has 4 aromatic rings. The van der Waals surface area contributed by atoms with Crippen LogP contribution in [0.15, 0.2) is 42.6 Å². The molecule has 268 valence electrons. The number of ether oxygens (including phenoxy) is 2. The van der Waals surface area contributed by atoms with Crippen molar-refractivity contribution in [1.29, 1.82) is 0 Å². The number of benzene rings is 2. The second-order valence-electron chi connectivity index (χ2n) is 13.3. The molecule has 1 saturated heterocycles. The summed E-state index contributed by atoms with van der Waals surface area (Å²) >= 11 is 6.33. The molecule has 0 aliphatic carbocycles. The van der Waals surface area contributed by atoms with Gasteiger partial charge in [-0.25, -0.2) is 19.2 Å². The molecule has 0 atom stereocenters. The molecule has 0 saturated carbocycles. The second-order valence-corrected chi connectivity index (χ2v) is 13.8. The number of H-pyrrole nitrogens is 1. The Morgan fingerprint density at radius 2 is 1.90 bits per heavy atom. The third kappa shape index (κ3) is 9.83. The Morgan fingerprint density at radius 1 is 1.12 bits per heavy atom. The highest BCUT2D eigenvalue weighted by atomic mass is 35.5. The zero-order valence-electron chi connectivity index (χ0n) is 29.0. The number of amides is 2. The lowest BCUT2D eigenvalue weighted by Crippen LogP contribution is -2.46. The maximum atomic E-state index is 14.9. The Kier molecular flexibility index (Phi) is 12.1. The highest BCUT2D eigenvalue weighted by Gasteiger charge is 2.29. The fourth-order valence-corrected chi connectivity index (χ4v) is 6.11. The molecule has 2 aromatic carbocycles. The zero-order valence-corrected chi connectivity index (χ0v) is 29.8. The number of halogens is 2. The van der Waals surface area contributed by atoms with Crippen LogP contribution in [0, 0.1) is 12.7 Å². The number of carbonyl (C=O) groups excluding carboxylic acids is 2. The predicted molar refractivity (Wildman–Crippen MR) is 195 cm³/mol. The van der Waals surface area contributed by atoms with Crippen LogP contribution in [-0.4, -0.2) is 84.5 Å². The first-order valence-corrected chi connectivity index (χ1v) is 17.3. The molecule has 6 N–H and O–H groups in total. The summed E-state index contributed by atoms with van der Waals surface area (Å²) in [5, 5.41) is 9.88. The van der Waals surface area contributed by atoms with Gasteiger partial charge in [-0.2, -0.15) is 0 Å². The van der Waals surface area contributed by atoms with Gasteiger partial charge >= 0.3 is 6.09 Å². The van der Waals surface area contributed by atoms with Crippen molar-refractivity contribution in [2.45, 2.75) is 58.6 Å². The molecule has 14 heteroatoms. The molecule has 1 fully saturated rings. The summed E-state index contributed by atoms with van der Waals surface area (Å²) in [7, 11) is 0. The number of alkyl carbamates (subject to hydrolysis) is 1. The van der Waals surface area contributed by atoms with Gasteiger partial charge in [-0.3, -0.25) is 4.79 Å². The van der Waals surface area contributed by atoms with Gasteiger partial charge < -0.3 is 41.0 Å². The number of nitrogens with zero attached hydrogens (tertiary/aromatic N) is 3. The standard InChI is InChI=1S/C36H46ClFN8O4/c1-22-17-23(19-25(38)18-22)27-21-42-33(41-12-11-40-30(47)9-15-49-16-10-39)31(34-44-28-6-5-24(37)20-29(28)45-34)32(27)46-13-7-26(8-14-46)43-35(48)50-36(2,3)4/h5-6,17-21,26H,7-16,39H2,1-4H3,(H,40,47)(H,41,42)(H,43,48)(H,44,45). The van der Waals surface area contributed by atoms with E-state index in [-0.39, 0.29) is 24.2 Å². The van der Waals surface area contributed by atoms with Gasteiger partial charge in [-0.1, -0.05) is 17.7 Å². The van der Waals surface area contributed by atoms with E-state index in [1.165, 1.54) is 12.1 Å². The first-order chi connectivity index (χ1) is 23.9. The minimum atomic E-state index is -0.601. The van der Waals surface area contributed by atoms with Gasteiger partial charge in [-0.05, 0) is 82.0 Å². The van der Waals surface area contributed by atoms with Gasteiger partial charge in [0, 0.05) is 62.0 Å². The number of imidazole rings is 1. The molecule has 0 spiro atoms. The van der Waals surface area contributed by atoms with E-state index in [4.69, 9.17) is 36.8 Å².